The lowest BCUT2D eigenvalue weighted by atomic mass is 10.1. The summed E-state index contributed by atoms with van der Waals surface area (Å²) in [7, 11) is 0. The minimum Gasteiger partial charge on any atom is -0.492 e. The molecule has 0 saturated carbocycles. The molecular formula is C18H15ClN2O2. The molecule has 0 aliphatic heterocycles. The average Bonchev–Trinajstić information content (AvgIpc) is 2.56. The largest absolute Gasteiger partial charge is 0.492 e. The van der Waals surface area contributed by atoms with Gasteiger partial charge in [-0.15, -0.1) is 0 Å². The van der Waals surface area contributed by atoms with Crippen molar-refractivity contribution in [2.45, 2.75) is 6.92 Å². The molecule has 2 aromatic rings. The van der Waals surface area contributed by atoms with Crippen LogP contribution in [0.3, 0.4) is 0 Å². The Morgan fingerprint density at radius 3 is 2.65 bits per heavy atom. The van der Waals surface area contributed by atoms with Gasteiger partial charge in [0.25, 0.3) is 5.91 Å². The van der Waals surface area contributed by atoms with E-state index in [1.807, 2.05) is 19.1 Å². The van der Waals surface area contributed by atoms with Gasteiger partial charge in [-0.1, -0.05) is 41.9 Å². The Morgan fingerprint density at radius 1 is 1.26 bits per heavy atom. The number of para-hydroxylation sites is 2. The standard InChI is InChI=1S/C18H15ClN2O2/c1-2-23-17-10-6-5-9-16(17)21-18(22)14(12-20)11-13-7-3-4-8-15(13)19/h3-11H,2H2,1H3,(H,21,22)/b14-11-. The molecule has 0 unspecified atom stereocenters. The highest BCUT2D eigenvalue weighted by atomic mass is 35.5. The van der Waals surface area contributed by atoms with Crippen LogP contribution in [0.5, 0.6) is 5.75 Å². The van der Waals surface area contributed by atoms with Crippen LogP contribution in [0.4, 0.5) is 5.69 Å². The second-order valence-electron chi connectivity index (χ2n) is 4.57. The Bertz CT molecular complexity index is 779. The zero-order chi connectivity index (χ0) is 16.7. The van der Waals surface area contributed by atoms with Crippen molar-refractivity contribution < 1.29 is 9.53 Å². The van der Waals surface area contributed by atoms with E-state index in [4.69, 9.17) is 16.3 Å². The number of carbonyl (C=O) groups excluding carboxylic acids is 1. The summed E-state index contributed by atoms with van der Waals surface area (Å²) in [6.45, 7) is 2.34. The molecule has 2 rings (SSSR count). The third-order valence-electron chi connectivity index (χ3n) is 3.01. The molecule has 0 fully saturated rings. The smallest absolute Gasteiger partial charge is 0.266 e. The molecule has 0 aliphatic carbocycles. The van der Waals surface area contributed by atoms with E-state index in [0.29, 0.717) is 28.6 Å². The van der Waals surface area contributed by atoms with Crippen LogP contribution in [0.25, 0.3) is 6.08 Å². The zero-order valence-electron chi connectivity index (χ0n) is 12.5. The van der Waals surface area contributed by atoms with Crippen LogP contribution in [0.2, 0.25) is 5.02 Å². The number of carbonyl (C=O) groups is 1. The zero-order valence-corrected chi connectivity index (χ0v) is 13.3. The molecule has 23 heavy (non-hydrogen) atoms. The van der Waals surface area contributed by atoms with Crippen LogP contribution in [0.15, 0.2) is 54.1 Å². The van der Waals surface area contributed by atoms with Gasteiger partial charge in [-0.2, -0.15) is 5.26 Å². The summed E-state index contributed by atoms with van der Waals surface area (Å²) in [5, 5.41) is 12.4. The SMILES string of the molecule is CCOc1ccccc1NC(=O)/C(C#N)=C\c1ccccc1Cl. The molecule has 0 saturated heterocycles. The Kier molecular flexibility index (Phi) is 5.79. The molecule has 5 heteroatoms. The number of nitriles is 1. The van der Waals surface area contributed by atoms with Crippen LogP contribution in [0.1, 0.15) is 12.5 Å². The third-order valence-corrected chi connectivity index (χ3v) is 3.35. The van der Waals surface area contributed by atoms with E-state index in [2.05, 4.69) is 5.32 Å². The van der Waals surface area contributed by atoms with Crippen molar-refractivity contribution in [3.63, 3.8) is 0 Å². The van der Waals surface area contributed by atoms with Gasteiger partial charge < -0.3 is 10.1 Å². The Balaban J connectivity index is 2.25. The topological polar surface area (TPSA) is 62.1 Å². The van der Waals surface area contributed by atoms with E-state index < -0.39 is 5.91 Å². The molecule has 0 bridgehead atoms. The summed E-state index contributed by atoms with van der Waals surface area (Å²) in [6, 6.07) is 16.0. The van der Waals surface area contributed by atoms with Gasteiger partial charge in [0.15, 0.2) is 0 Å². The van der Waals surface area contributed by atoms with Crippen LogP contribution in [-0.4, -0.2) is 12.5 Å². The highest BCUT2D eigenvalue weighted by molar-refractivity contribution is 6.32. The van der Waals surface area contributed by atoms with E-state index in [0.717, 1.165) is 0 Å². The monoisotopic (exact) mass is 326 g/mol. The van der Waals surface area contributed by atoms with E-state index in [1.54, 1.807) is 42.5 Å². The first-order valence-corrected chi connectivity index (χ1v) is 7.43. The quantitative estimate of drug-likeness (QED) is 0.658. The maximum absolute atomic E-state index is 12.3. The number of halogens is 1. The van der Waals surface area contributed by atoms with Gasteiger partial charge in [-0.25, -0.2) is 0 Å². The number of amides is 1. The first kappa shape index (κ1) is 16.6. The van der Waals surface area contributed by atoms with Gasteiger partial charge in [0.2, 0.25) is 0 Å². The van der Waals surface area contributed by atoms with Crippen molar-refractivity contribution in [2.75, 3.05) is 11.9 Å². The van der Waals surface area contributed by atoms with Gasteiger partial charge in [-0.05, 0) is 36.8 Å². The van der Waals surface area contributed by atoms with Crippen molar-refractivity contribution in [2.24, 2.45) is 0 Å². The normalized spacial score (nSPS) is 10.7. The Morgan fingerprint density at radius 2 is 1.96 bits per heavy atom. The number of rotatable bonds is 5. The molecule has 0 radical (unpaired) electrons. The van der Waals surface area contributed by atoms with Crippen molar-refractivity contribution in [3.05, 3.63) is 64.7 Å². The molecule has 0 spiro atoms. The highest BCUT2D eigenvalue weighted by Crippen LogP contribution is 2.25. The van der Waals surface area contributed by atoms with E-state index >= 15 is 0 Å². The summed E-state index contributed by atoms with van der Waals surface area (Å²) < 4.78 is 5.45. The third kappa shape index (κ3) is 4.35. The van der Waals surface area contributed by atoms with Crippen LogP contribution in [0, 0.1) is 11.3 Å². The first-order valence-electron chi connectivity index (χ1n) is 7.05. The molecule has 1 amide bonds. The van der Waals surface area contributed by atoms with Crippen LogP contribution >= 0.6 is 11.6 Å². The number of anilines is 1. The average molecular weight is 327 g/mol. The van der Waals surface area contributed by atoms with Gasteiger partial charge in [0, 0.05) is 5.02 Å². The van der Waals surface area contributed by atoms with Crippen LogP contribution in [-0.2, 0) is 4.79 Å². The number of nitrogens with one attached hydrogen (secondary N) is 1. The predicted octanol–water partition coefficient (Wildman–Crippen LogP) is 4.28. The van der Waals surface area contributed by atoms with Crippen molar-refractivity contribution in [1.82, 2.24) is 0 Å². The van der Waals surface area contributed by atoms with Crippen LogP contribution < -0.4 is 10.1 Å². The summed E-state index contributed by atoms with van der Waals surface area (Å²) in [6.07, 6.45) is 1.46. The van der Waals surface area contributed by atoms with E-state index in [-0.39, 0.29) is 5.57 Å². The number of nitrogens with zero attached hydrogens (tertiary/aromatic N) is 1. The lowest BCUT2D eigenvalue weighted by molar-refractivity contribution is -0.112. The number of hydrogen-bond acceptors (Lipinski definition) is 3. The maximum Gasteiger partial charge on any atom is 0.266 e. The first-order chi connectivity index (χ1) is 11.2. The fourth-order valence-electron chi connectivity index (χ4n) is 1.94. The molecular weight excluding hydrogens is 312 g/mol. The molecule has 0 aliphatic rings. The lowest BCUT2D eigenvalue weighted by Gasteiger charge is -2.10. The second-order valence-corrected chi connectivity index (χ2v) is 4.98. The predicted molar refractivity (Wildman–Crippen MR) is 91.3 cm³/mol. The molecule has 0 heterocycles. The number of benzene rings is 2. The molecule has 1 N–H and O–H groups in total. The summed E-state index contributed by atoms with van der Waals surface area (Å²) in [5.74, 6) is 0.0398. The van der Waals surface area contributed by atoms with Gasteiger partial charge >= 0.3 is 0 Å². The van der Waals surface area contributed by atoms with Gasteiger partial charge in [-0.3, -0.25) is 4.79 Å². The lowest BCUT2D eigenvalue weighted by Crippen LogP contribution is -2.14. The van der Waals surface area contributed by atoms with Crippen molar-refractivity contribution in [3.8, 4) is 11.8 Å². The van der Waals surface area contributed by atoms with Gasteiger partial charge in [0.1, 0.15) is 17.4 Å². The number of ether oxygens (including phenoxy) is 1. The highest BCUT2D eigenvalue weighted by Gasteiger charge is 2.12. The fraction of sp³-hybridized carbons (Fsp3) is 0.111. The van der Waals surface area contributed by atoms with E-state index in [1.165, 1.54) is 6.08 Å². The fourth-order valence-corrected chi connectivity index (χ4v) is 2.13. The summed E-state index contributed by atoms with van der Waals surface area (Å²) >= 11 is 6.05. The molecule has 4 nitrogen and oxygen atoms in total. The second kappa shape index (κ2) is 8.02. The molecule has 0 atom stereocenters. The molecule has 0 aromatic heterocycles. The Hall–Kier alpha value is -2.77. The Labute approximate surface area is 140 Å². The molecule has 2 aromatic carbocycles. The van der Waals surface area contributed by atoms with Gasteiger partial charge in [0.05, 0.1) is 12.3 Å². The minimum atomic E-state index is -0.514. The maximum atomic E-state index is 12.3. The molecule has 116 valence electrons. The number of hydrogen-bond donors (Lipinski definition) is 1. The van der Waals surface area contributed by atoms with Crippen molar-refractivity contribution in [1.29, 1.82) is 5.26 Å². The van der Waals surface area contributed by atoms with Crippen molar-refractivity contribution >= 4 is 29.3 Å². The summed E-state index contributed by atoms with van der Waals surface area (Å²) in [5.41, 5.74) is 1.09. The van der Waals surface area contributed by atoms with E-state index in [9.17, 15) is 10.1 Å². The minimum absolute atomic E-state index is 0.0376. The summed E-state index contributed by atoms with van der Waals surface area (Å²) in [4.78, 5) is 12.3.